The van der Waals surface area contributed by atoms with E-state index in [4.69, 9.17) is 9.47 Å². The van der Waals surface area contributed by atoms with Crippen LogP contribution in [0.15, 0.2) is 6.20 Å². The predicted octanol–water partition coefficient (Wildman–Crippen LogP) is 0.462. The lowest BCUT2D eigenvalue weighted by Crippen LogP contribution is -2.41. The Labute approximate surface area is 112 Å². The minimum atomic E-state index is -0.0680. The van der Waals surface area contributed by atoms with Crippen molar-refractivity contribution in [3.05, 3.63) is 11.9 Å². The molecule has 1 saturated heterocycles. The molecule has 7 nitrogen and oxygen atoms in total. The van der Waals surface area contributed by atoms with Gasteiger partial charge in [-0.1, -0.05) is 0 Å². The minimum absolute atomic E-state index is 0.0680. The number of carbonyl (C=O) groups excluding carboxylic acids is 1. The Hall–Kier alpha value is -1.47. The van der Waals surface area contributed by atoms with Crippen molar-refractivity contribution in [3.8, 4) is 0 Å². The van der Waals surface area contributed by atoms with Gasteiger partial charge >= 0.3 is 0 Å². The molecule has 106 valence electrons. The van der Waals surface area contributed by atoms with Crippen LogP contribution in [0.25, 0.3) is 0 Å². The second-order valence-corrected chi connectivity index (χ2v) is 4.41. The molecule has 1 N–H and O–H groups in total. The van der Waals surface area contributed by atoms with E-state index in [0.717, 1.165) is 12.8 Å². The number of rotatable bonds is 6. The predicted molar refractivity (Wildman–Crippen MR) is 67.8 cm³/mol. The van der Waals surface area contributed by atoms with Gasteiger partial charge in [0.25, 0.3) is 5.91 Å². The van der Waals surface area contributed by atoms with Crippen molar-refractivity contribution in [3.63, 3.8) is 0 Å². The van der Waals surface area contributed by atoms with Crippen LogP contribution in [0.2, 0.25) is 0 Å². The average molecular weight is 268 g/mol. The number of H-pyrrole nitrogens is 1. The van der Waals surface area contributed by atoms with Crippen LogP contribution in [0.4, 0.5) is 0 Å². The summed E-state index contributed by atoms with van der Waals surface area (Å²) in [5.74, 6) is -0.0680. The largest absolute Gasteiger partial charge is 0.379 e. The smallest absolute Gasteiger partial charge is 0.276 e. The summed E-state index contributed by atoms with van der Waals surface area (Å²) in [6, 6.07) is 0. The van der Waals surface area contributed by atoms with Gasteiger partial charge in [-0.25, -0.2) is 0 Å². The summed E-state index contributed by atoms with van der Waals surface area (Å²) in [5, 5.41) is 9.91. The third-order valence-corrected chi connectivity index (χ3v) is 3.15. The molecule has 0 aliphatic carbocycles. The number of piperidine rings is 1. The van der Waals surface area contributed by atoms with E-state index in [1.807, 2.05) is 6.92 Å². The molecular formula is C12H20N4O3. The first-order valence-corrected chi connectivity index (χ1v) is 6.65. The molecule has 0 radical (unpaired) electrons. The molecule has 0 bridgehead atoms. The summed E-state index contributed by atoms with van der Waals surface area (Å²) < 4.78 is 10.9. The molecule has 0 saturated carbocycles. The SMILES string of the molecule is CCOCCOC1CCN(C(=O)c2cn[nH]n2)CC1. The molecule has 0 atom stereocenters. The molecule has 0 aromatic carbocycles. The molecule has 0 unspecified atom stereocenters. The number of amides is 1. The zero-order valence-corrected chi connectivity index (χ0v) is 11.2. The Balaban J connectivity index is 1.69. The monoisotopic (exact) mass is 268 g/mol. The van der Waals surface area contributed by atoms with E-state index >= 15 is 0 Å². The lowest BCUT2D eigenvalue weighted by Gasteiger charge is -2.31. The fourth-order valence-corrected chi connectivity index (χ4v) is 2.11. The highest BCUT2D eigenvalue weighted by Crippen LogP contribution is 2.15. The molecule has 19 heavy (non-hydrogen) atoms. The number of aromatic nitrogens is 3. The highest BCUT2D eigenvalue weighted by Gasteiger charge is 2.25. The molecule has 1 aliphatic heterocycles. The maximum Gasteiger partial charge on any atom is 0.276 e. The molecule has 7 heteroatoms. The Morgan fingerprint density at radius 1 is 1.47 bits per heavy atom. The van der Waals surface area contributed by atoms with E-state index in [1.54, 1.807) is 4.90 Å². The number of nitrogens with zero attached hydrogens (tertiary/aromatic N) is 3. The second kappa shape index (κ2) is 7.20. The van der Waals surface area contributed by atoms with Gasteiger partial charge in [0.1, 0.15) is 0 Å². The Morgan fingerprint density at radius 2 is 2.26 bits per heavy atom. The van der Waals surface area contributed by atoms with E-state index in [9.17, 15) is 4.79 Å². The Bertz CT molecular complexity index is 374. The molecule has 1 aliphatic rings. The molecule has 1 aromatic heterocycles. The summed E-state index contributed by atoms with van der Waals surface area (Å²) >= 11 is 0. The van der Waals surface area contributed by atoms with Crippen molar-refractivity contribution >= 4 is 5.91 Å². The number of nitrogens with one attached hydrogen (secondary N) is 1. The summed E-state index contributed by atoms with van der Waals surface area (Å²) in [7, 11) is 0. The van der Waals surface area contributed by atoms with Crippen LogP contribution in [0.3, 0.4) is 0 Å². The fraction of sp³-hybridized carbons (Fsp3) is 0.750. The lowest BCUT2D eigenvalue weighted by atomic mass is 10.1. The van der Waals surface area contributed by atoms with Gasteiger partial charge in [0.15, 0.2) is 5.69 Å². The maximum atomic E-state index is 12.0. The maximum absolute atomic E-state index is 12.0. The molecule has 2 heterocycles. The quantitative estimate of drug-likeness (QED) is 0.758. The van der Waals surface area contributed by atoms with E-state index < -0.39 is 0 Å². The number of aromatic amines is 1. The lowest BCUT2D eigenvalue weighted by molar-refractivity contribution is -0.0183. The fourth-order valence-electron chi connectivity index (χ4n) is 2.11. The van der Waals surface area contributed by atoms with Gasteiger partial charge in [-0.15, -0.1) is 0 Å². The van der Waals surface area contributed by atoms with Gasteiger partial charge in [-0.3, -0.25) is 4.79 Å². The van der Waals surface area contributed by atoms with Crippen LogP contribution in [-0.2, 0) is 9.47 Å². The first-order valence-electron chi connectivity index (χ1n) is 6.65. The van der Waals surface area contributed by atoms with Crippen LogP contribution < -0.4 is 0 Å². The molecule has 1 amide bonds. The minimum Gasteiger partial charge on any atom is -0.379 e. The average Bonchev–Trinajstić information content (AvgIpc) is 2.98. The standard InChI is InChI=1S/C12H20N4O3/c1-2-18-7-8-19-10-3-5-16(6-4-10)12(17)11-9-13-15-14-11/h9-10H,2-8H2,1H3,(H,13,14,15). The number of hydrogen-bond acceptors (Lipinski definition) is 5. The molecule has 1 fully saturated rings. The zero-order valence-electron chi connectivity index (χ0n) is 11.2. The van der Waals surface area contributed by atoms with E-state index in [0.29, 0.717) is 38.6 Å². The third-order valence-electron chi connectivity index (χ3n) is 3.15. The van der Waals surface area contributed by atoms with Crippen LogP contribution in [0.5, 0.6) is 0 Å². The summed E-state index contributed by atoms with van der Waals surface area (Å²) in [5.41, 5.74) is 0.371. The third kappa shape index (κ3) is 4.00. The van der Waals surface area contributed by atoms with Crippen LogP contribution in [0.1, 0.15) is 30.3 Å². The molecule has 0 spiro atoms. The van der Waals surface area contributed by atoms with Crippen LogP contribution in [-0.4, -0.2) is 65.2 Å². The van der Waals surface area contributed by atoms with Gasteiger partial charge in [0, 0.05) is 19.7 Å². The summed E-state index contributed by atoms with van der Waals surface area (Å²) in [4.78, 5) is 13.8. The second-order valence-electron chi connectivity index (χ2n) is 4.41. The highest BCUT2D eigenvalue weighted by molar-refractivity contribution is 5.91. The number of carbonyl (C=O) groups is 1. The van der Waals surface area contributed by atoms with E-state index in [2.05, 4.69) is 15.4 Å². The van der Waals surface area contributed by atoms with E-state index in [-0.39, 0.29) is 12.0 Å². The van der Waals surface area contributed by atoms with Gasteiger partial charge in [0.2, 0.25) is 0 Å². The molecule has 2 rings (SSSR count). The van der Waals surface area contributed by atoms with Gasteiger partial charge in [-0.05, 0) is 19.8 Å². The topological polar surface area (TPSA) is 80.3 Å². The normalized spacial score (nSPS) is 16.8. The van der Waals surface area contributed by atoms with Gasteiger partial charge in [0.05, 0.1) is 25.5 Å². The summed E-state index contributed by atoms with van der Waals surface area (Å²) in [6.07, 6.45) is 3.39. The van der Waals surface area contributed by atoms with Crippen LogP contribution >= 0.6 is 0 Å². The Kier molecular flexibility index (Phi) is 5.29. The van der Waals surface area contributed by atoms with Crippen molar-refractivity contribution in [1.82, 2.24) is 20.3 Å². The number of hydrogen-bond donors (Lipinski definition) is 1. The van der Waals surface area contributed by atoms with Crippen molar-refractivity contribution < 1.29 is 14.3 Å². The highest BCUT2D eigenvalue weighted by atomic mass is 16.5. The number of ether oxygens (including phenoxy) is 2. The van der Waals surface area contributed by atoms with Crippen molar-refractivity contribution in [2.24, 2.45) is 0 Å². The zero-order chi connectivity index (χ0) is 13.5. The molecular weight excluding hydrogens is 248 g/mol. The van der Waals surface area contributed by atoms with E-state index in [1.165, 1.54) is 6.20 Å². The first-order chi connectivity index (χ1) is 9.31. The van der Waals surface area contributed by atoms with Gasteiger partial charge in [-0.2, -0.15) is 15.4 Å². The van der Waals surface area contributed by atoms with Crippen molar-refractivity contribution in [1.29, 1.82) is 0 Å². The number of likely N-dealkylation sites (tertiary alicyclic amines) is 1. The van der Waals surface area contributed by atoms with Crippen LogP contribution in [0, 0.1) is 0 Å². The first kappa shape index (κ1) is 14.0. The molecule has 1 aromatic rings. The summed E-state index contributed by atoms with van der Waals surface area (Å²) in [6.45, 7) is 5.34. The Morgan fingerprint density at radius 3 is 2.89 bits per heavy atom. The van der Waals surface area contributed by atoms with Crippen molar-refractivity contribution in [2.75, 3.05) is 32.9 Å². The van der Waals surface area contributed by atoms with Crippen molar-refractivity contribution in [2.45, 2.75) is 25.9 Å². The van der Waals surface area contributed by atoms with Gasteiger partial charge < -0.3 is 14.4 Å².